The Morgan fingerprint density at radius 3 is 2.76 bits per heavy atom. The van der Waals surface area contributed by atoms with E-state index in [0.717, 1.165) is 43.3 Å². The monoisotopic (exact) mass is 345 g/mol. The minimum atomic E-state index is -0.626. The van der Waals surface area contributed by atoms with Crippen molar-refractivity contribution in [2.45, 2.75) is 32.4 Å². The fourth-order valence-electron chi connectivity index (χ4n) is 3.18. The summed E-state index contributed by atoms with van der Waals surface area (Å²) < 4.78 is 0. The molecule has 1 aromatic heterocycles. The number of aromatic nitrogens is 1. The van der Waals surface area contributed by atoms with Gasteiger partial charge in [0.15, 0.2) is 0 Å². The molecule has 3 rings (SSSR count). The number of carbonyl (C=O) groups is 3. The van der Waals surface area contributed by atoms with Crippen molar-refractivity contribution in [3.8, 4) is 0 Å². The number of piperazine rings is 1. The molecule has 0 spiro atoms. The van der Waals surface area contributed by atoms with E-state index in [1.807, 2.05) is 19.1 Å². The van der Waals surface area contributed by atoms with Crippen LogP contribution >= 0.6 is 0 Å². The van der Waals surface area contributed by atoms with Gasteiger partial charge in [-0.15, -0.1) is 0 Å². The van der Waals surface area contributed by atoms with E-state index in [9.17, 15) is 14.4 Å². The lowest BCUT2D eigenvalue weighted by atomic mass is 10.0. The fraction of sp³-hybridized carbons (Fsp3) is 0.529. The summed E-state index contributed by atoms with van der Waals surface area (Å²) >= 11 is 0. The second-order valence-corrected chi connectivity index (χ2v) is 6.41. The maximum atomic E-state index is 12.0. The SMILES string of the molecule is Cc1ccc(N2CCNCC2)nc1CN(C=O)C1CCC(=O)NC1=O. The molecule has 0 aliphatic carbocycles. The van der Waals surface area contributed by atoms with Gasteiger partial charge in [0.2, 0.25) is 18.2 Å². The summed E-state index contributed by atoms with van der Waals surface area (Å²) in [6.45, 7) is 5.81. The minimum absolute atomic E-state index is 0.244. The third kappa shape index (κ3) is 3.96. The molecule has 0 saturated carbocycles. The van der Waals surface area contributed by atoms with Crippen molar-refractivity contribution in [3.63, 3.8) is 0 Å². The number of aryl methyl sites for hydroxylation is 1. The van der Waals surface area contributed by atoms with E-state index in [-0.39, 0.29) is 18.9 Å². The van der Waals surface area contributed by atoms with Crippen molar-refractivity contribution >= 4 is 24.0 Å². The largest absolute Gasteiger partial charge is 0.354 e. The number of nitrogens with zero attached hydrogens (tertiary/aromatic N) is 3. The molecule has 2 saturated heterocycles. The van der Waals surface area contributed by atoms with E-state index >= 15 is 0 Å². The second kappa shape index (κ2) is 7.60. The number of hydrogen-bond acceptors (Lipinski definition) is 6. The van der Waals surface area contributed by atoms with Gasteiger partial charge >= 0.3 is 0 Å². The van der Waals surface area contributed by atoms with E-state index < -0.39 is 11.9 Å². The average molecular weight is 345 g/mol. The third-order valence-corrected chi connectivity index (χ3v) is 4.71. The first kappa shape index (κ1) is 17.3. The molecule has 8 nitrogen and oxygen atoms in total. The van der Waals surface area contributed by atoms with Crippen molar-refractivity contribution in [1.82, 2.24) is 20.5 Å². The molecule has 1 atom stereocenters. The van der Waals surface area contributed by atoms with E-state index in [2.05, 4.69) is 15.5 Å². The van der Waals surface area contributed by atoms with Gasteiger partial charge in [-0.05, 0) is 25.0 Å². The molecular formula is C17H23N5O3. The van der Waals surface area contributed by atoms with E-state index in [1.165, 1.54) is 4.90 Å². The van der Waals surface area contributed by atoms with Gasteiger partial charge in [0.05, 0.1) is 12.2 Å². The van der Waals surface area contributed by atoms with Crippen LogP contribution in [0.1, 0.15) is 24.1 Å². The van der Waals surface area contributed by atoms with Crippen molar-refractivity contribution in [2.24, 2.45) is 0 Å². The van der Waals surface area contributed by atoms with Gasteiger partial charge in [0.1, 0.15) is 11.9 Å². The topological polar surface area (TPSA) is 94.6 Å². The molecule has 1 aromatic rings. The standard InChI is InChI=1S/C17H23N5O3/c1-12-2-4-15(21-8-6-18-7-9-21)19-13(12)10-22(11-23)14-3-5-16(24)20-17(14)25/h2,4,11,14,18H,3,5-10H2,1H3,(H,20,24,25). The second-order valence-electron chi connectivity index (χ2n) is 6.41. The Labute approximate surface area is 146 Å². The first-order valence-corrected chi connectivity index (χ1v) is 8.55. The lowest BCUT2D eigenvalue weighted by molar-refractivity contribution is -0.141. The lowest BCUT2D eigenvalue weighted by Crippen LogP contribution is -2.51. The average Bonchev–Trinajstić information content (AvgIpc) is 2.62. The van der Waals surface area contributed by atoms with E-state index in [1.54, 1.807) is 0 Å². The van der Waals surface area contributed by atoms with Crippen molar-refractivity contribution in [3.05, 3.63) is 23.4 Å². The molecule has 2 N–H and O–H groups in total. The number of piperidine rings is 1. The first-order valence-electron chi connectivity index (χ1n) is 8.55. The van der Waals surface area contributed by atoms with Crippen molar-refractivity contribution in [1.29, 1.82) is 0 Å². The molecular weight excluding hydrogens is 322 g/mol. The van der Waals surface area contributed by atoms with Gasteiger partial charge < -0.3 is 15.1 Å². The highest BCUT2D eigenvalue weighted by molar-refractivity contribution is 6.00. The number of carbonyl (C=O) groups excluding carboxylic acids is 3. The zero-order valence-electron chi connectivity index (χ0n) is 14.3. The summed E-state index contributed by atoms with van der Waals surface area (Å²) in [6.07, 6.45) is 1.26. The summed E-state index contributed by atoms with van der Waals surface area (Å²) in [5.41, 5.74) is 1.74. The molecule has 0 aromatic carbocycles. The van der Waals surface area contributed by atoms with Crippen LogP contribution in [0.3, 0.4) is 0 Å². The maximum absolute atomic E-state index is 12.0. The minimum Gasteiger partial charge on any atom is -0.354 e. The van der Waals surface area contributed by atoms with Gasteiger partial charge in [0, 0.05) is 32.6 Å². The van der Waals surface area contributed by atoms with Crippen LogP contribution in [-0.2, 0) is 20.9 Å². The fourth-order valence-corrected chi connectivity index (χ4v) is 3.18. The molecule has 0 radical (unpaired) electrons. The number of nitrogens with one attached hydrogen (secondary N) is 2. The molecule has 3 heterocycles. The molecule has 2 fully saturated rings. The molecule has 8 heteroatoms. The van der Waals surface area contributed by atoms with Crippen LogP contribution in [0.25, 0.3) is 0 Å². The lowest BCUT2D eigenvalue weighted by Gasteiger charge is -2.31. The van der Waals surface area contributed by atoms with Crippen LogP contribution in [0.2, 0.25) is 0 Å². The highest BCUT2D eigenvalue weighted by Gasteiger charge is 2.31. The normalized spacial score (nSPS) is 21.0. The van der Waals surface area contributed by atoms with Gasteiger partial charge in [-0.3, -0.25) is 19.7 Å². The third-order valence-electron chi connectivity index (χ3n) is 4.71. The molecule has 25 heavy (non-hydrogen) atoms. The van der Waals surface area contributed by atoms with E-state index in [0.29, 0.717) is 12.8 Å². The van der Waals surface area contributed by atoms with Crippen LogP contribution in [-0.4, -0.2) is 60.3 Å². The highest BCUT2D eigenvalue weighted by atomic mass is 16.2. The predicted molar refractivity (Wildman–Crippen MR) is 91.8 cm³/mol. The highest BCUT2D eigenvalue weighted by Crippen LogP contribution is 2.19. The number of rotatable bonds is 5. The molecule has 134 valence electrons. The Morgan fingerprint density at radius 2 is 2.08 bits per heavy atom. The van der Waals surface area contributed by atoms with E-state index in [4.69, 9.17) is 4.98 Å². The summed E-state index contributed by atoms with van der Waals surface area (Å²) in [6, 6.07) is 3.35. The van der Waals surface area contributed by atoms with Gasteiger partial charge in [0.25, 0.3) is 0 Å². The smallest absolute Gasteiger partial charge is 0.249 e. The van der Waals surface area contributed by atoms with Crippen LogP contribution in [0, 0.1) is 6.92 Å². The van der Waals surface area contributed by atoms with Gasteiger partial charge in [-0.25, -0.2) is 4.98 Å². The Morgan fingerprint density at radius 1 is 1.32 bits per heavy atom. The summed E-state index contributed by atoms with van der Waals surface area (Å²) in [5, 5.41) is 5.60. The van der Waals surface area contributed by atoms with Crippen LogP contribution in [0.4, 0.5) is 5.82 Å². The number of pyridine rings is 1. The molecule has 1 unspecified atom stereocenters. The number of amides is 3. The quantitative estimate of drug-likeness (QED) is 0.555. The van der Waals surface area contributed by atoms with Crippen molar-refractivity contribution in [2.75, 3.05) is 31.1 Å². The Hall–Kier alpha value is -2.48. The Balaban J connectivity index is 1.76. The Bertz CT molecular complexity index is 672. The molecule has 3 amide bonds. The summed E-state index contributed by atoms with van der Waals surface area (Å²) in [7, 11) is 0. The maximum Gasteiger partial charge on any atom is 0.249 e. The van der Waals surface area contributed by atoms with Crippen molar-refractivity contribution < 1.29 is 14.4 Å². The summed E-state index contributed by atoms with van der Waals surface area (Å²) in [4.78, 5) is 43.2. The Kier molecular flexibility index (Phi) is 5.28. The predicted octanol–water partition coefficient (Wildman–Crippen LogP) is -0.437. The zero-order valence-corrected chi connectivity index (χ0v) is 14.3. The van der Waals surface area contributed by atoms with Gasteiger partial charge in [-0.1, -0.05) is 6.07 Å². The van der Waals surface area contributed by atoms with Gasteiger partial charge in [-0.2, -0.15) is 0 Å². The zero-order chi connectivity index (χ0) is 17.8. The summed E-state index contributed by atoms with van der Waals surface area (Å²) in [5.74, 6) is 0.178. The number of anilines is 1. The number of imide groups is 1. The number of hydrogen-bond donors (Lipinski definition) is 2. The molecule has 0 bridgehead atoms. The molecule has 2 aliphatic rings. The van der Waals surface area contributed by atoms with Crippen LogP contribution in [0.5, 0.6) is 0 Å². The molecule has 2 aliphatic heterocycles. The first-order chi connectivity index (χ1) is 12.1. The van der Waals surface area contributed by atoms with Crippen LogP contribution in [0.15, 0.2) is 12.1 Å². The van der Waals surface area contributed by atoms with Crippen LogP contribution < -0.4 is 15.5 Å².